The first kappa shape index (κ1) is 14.1. The zero-order valence-corrected chi connectivity index (χ0v) is 12.3. The molecule has 5 heteroatoms. The first-order valence-corrected chi connectivity index (χ1v) is 6.97. The van der Waals surface area contributed by atoms with Gasteiger partial charge >= 0.3 is 0 Å². The van der Waals surface area contributed by atoms with Crippen LogP contribution in [0.15, 0.2) is 6.33 Å². The molecule has 0 saturated heterocycles. The molecular weight excluding hydrogens is 240 g/mol. The predicted molar refractivity (Wildman–Crippen MR) is 77.9 cm³/mol. The van der Waals surface area contributed by atoms with Gasteiger partial charge in [-0.05, 0) is 18.8 Å². The fourth-order valence-corrected chi connectivity index (χ4v) is 2.38. The van der Waals surface area contributed by atoms with Gasteiger partial charge in [0.25, 0.3) is 0 Å². The molecule has 1 N–H and O–H groups in total. The van der Waals surface area contributed by atoms with Crippen molar-refractivity contribution in [2.75, 3.05) is 37.5 Å². The second kappa shape index (κ2) is 6.19. The van der Waals surface area contributed by atoms with Crippen molar-refractivity contribution in [3.05, 3.63) is 11.9 Å². The van der Waals surface area contributed by atoms with Crippen LogP contribution in [0.3, 0.4) is 0 Å². The van der Waals surface area contributed by atoms with E-state index in [1.54, 1.807) is 13.4 Å². The van der Waals surface area contributed by atoms with Crippen LogP contribution in [0.1, 0.15) is 38.2 Å². The number of methoxy groups -OCH3 is 1. The molecule has 0 radical (unpaired) electrons. The molecule has 1 fully saturated rings. The Hall–Kier alpha value is -1.36. The minimum atomic E-state index is 0.391. The number of ether oxygens (including phenoxy) is 1. The molecule has 2 rings (SSSR count). The Kier molecular flexibility index (Phi) is 4.58. The molecule has 0 amide bonds. The fraction of sp³-hybridized carbons (Fsp3) is 0.714. The molecule has 106 valence electrons. The van der Waals surface area contributed by atoms with Gasteiger partial charge in [0, 0.05) is 32.3 Å². The Labute approximate surface area is 115 Å². The van der Waals surface area contributed by atoms with E-state index in [4.69, 9.17) is 4.74 Å². The molecule has 0 spiro atoms. The molecule has 1 aliphatic rings. The molecule has 1 saturated carbocycles. The van der Waals surface area contributed by atoms with Crippen molar-refractivity contribution in [1.82, 2.24) is 9.97 Å². The van der Waals surface area contributed by atoms with Gasteiger partial charge in [-0.3, -0.25) is 0 Å². The normalized spacial score (nSPS) is 14.8. The molecule has 5 nitrogen and oxygen atoms in total. The van der Waals surface area contributed by atoms with Crippen LogP contribution in [-0.4, -0.2) is 43.3 Å². The summed E-state index contributed by atoms with van der Waals surface area (Å²) in [6.07, 6.45) is 4.15. The number of nitrogens with zero attached hydrogens (tertiary/aromatic N) is 3. The van der Waals surface area contributed by atoms with Crippen molar-refractivity contribution < 1.29 is 4.74 Å². The third-order valence-corrected chi connectivity index (χ3v) is 3.47. The zero-order valence-electron chi connectivity index (χ0n) is 12.3. The highest BCUT2D eigenvalue weighted by Gasteiger charge is 2.32. The van der Waals surface area contributed by atoms with Crippen LogP contribution in [0, 0.1) is 0 Å². The topological polar surface area (TPSA) is 50.3 Å². The summed E-state index contributed by atoms with van der Waals surface area (Å²) in [6, 6.07) is 0.618. The quantitative estimate of drug-likeness (QED) is 0.818. The van der Waals surface area contributed by atoms with E-state index in [2.05, 4.69) is 34.0 Å². The molecule has 0 unspecified atom stereocenters. The number of rotatable bonds is 7. The highest BCUT2D eigenvalue weighted by molar-refractivity contribution is 5.61. The van der Waals surface area contributed by atoms with Crippen LogP contribution in [-0.2, 0) is 4.74 Å². The summed E-state index contributed by atoms with van der Waals surface area (Å²) in [4.78, 5) is 11.3. The van der Waals surface area contributed by atoms with Crippen molar-refractivity contribution >= 4 is 11.6 Å². The van der Waals surface area contributed by atoms with Gasteiger partial charge in [-0.2, -0.15) is 0 Å². The number of nitrogens with one attached hydrogen (secondary N) is 1. The van der Waals surface area contributed by atoms with E-state index in [0.29, 0.717) is 12.0 Å². The van der Waals surface area contributed by atoms with E-state index in [-0.39, 0.29) is 0 Å². The molecule has 0 bridgehead atoms. The standard InChI is InChI=1S/C14H24N4O/c1-10(2)12-13(15-3)16-9-17-14(12)18(7-8-19-4)11-5-6-11/h9-11H,5-8H2,1-4H3,(H,15,16,17). The van der Waals surface area contributed by atoms with Crippen LogP contribution >= 0.6 is 0 Å². The van der Waals surface area contributed by atoms with Gasteiger partial charge in [0.05, 0.1) is 6.61 Å². The van der Waals surface area contributed by atoms with Crippen molar-refractivity contribution in [3.8, 4) is 0 Å². The van der Waals surface area contributed by atoms with Crippen LogP contribution in [0.2, 0.25) is 0 Å². The summed E-state index contributed by atoms with van der Waals surface area (Å²) in [5.41, 5.74) is 1.20. The largest absolute Gasteiger partial charge is 0.383 e. The maximum atomic E-state index is 5.23. The third-order valence-electron chi connectivity index (χ3n) is 3.47. The Balaban J connectivity index is 2.34. The van der Waals surface area contributed by atoms with E-state index < -0.39 is 0 Å². The summed E-state index contributed by atoms with van der Waals surface area (Å²) in [5.74, 6) is 2.39. The molecule has 0 atom stereocenters. The second-order valence-corrected chi connectivity index (χ2v) is 5.28. The molecule has 0 aromatic carbocycles. The monoisotopic (exact) mass is 264 g/mol. The molecule has 0 aliphatic heterocycles. The second-order valence-electron chi connectivity index (χ2n) is 5.28. The number of hydrogen-bond donors (Lipinski definition) is 1. The van der Waals surface area contributed by atoms with E-state index in [9.17, 15) is 0 Å². The summed E-state index contributed by atoms with van der Waals surface area (Å²) >= 11 is 0. The maximum Gasteiger partial charge on any atom is 0.137 e. The lowest BCUT2D eigenvalue weighted by molar-refractivity contribution is 0.204. The summed E-state index contributed by atoms with van der Waals surface area (Å²) in [5, 5.41) is 3.18. The number of aromatic nitrogens is 2. The van der Waals surface area contributed by atoms with E-state index in [1.807, 2.05) is 7.05 Å². The molecule has 19 heavy (non-hydrogen) atoms. The van der Waals surface area contributed by atoms with Gasteiger partial charge in [0.1, 0.15) is 18.0 Å². The van der Waals surface area contributed by atoms with Crippen LogP contribution in [0.4, 0.5) is 11.6 Å². The maximum absolute atomic E-state index is 5.23. The smallest absolute Gasteiger partial charge is 0.137 e. The van der Waals surface area contributed by atoms with Crippen LogP contribution in [0.25, 0.3) is 0 Å². The highest BCUT2D eigenvalue weighted by Crippen LogP contribution is 2.36. The first-order chi connectivity index (χ1) is 9.19. The minimum absolute atomic E-state index is 0.391. The lowest BCUT2D eigenvalue weighted by Gasteiger charge is -2.27. The van der Waals surface area contributed by atoms with Crippen molar-refractivity contribution in [2.24, 2.45) is 0 Å². The van der Waals surface area contributed by atoms with Gasteiger partial charge in [-0.15, -0.1) is 0 Å². The van der Waals surface area contributed by atoms with E-state index in [1.165, 1.54) is 18.4 Å². The Morgan fingerprint density at radius 1 is 1.42 bits per heavy atom. The third kappa shape index (κ3) is 3.15. The molecule has 1 heterocycles. The lowest BCUT2D eigenvalue weighted by Crippen LogP contribution is -2.31. The predicted octanol–water partition coefficient (Wildman–Crippen LogP) is 2.26. The summed E-state index contributed by atoms with van der Waals surface area (Å²) < 4.78 is 5.23. The summed E-state index contributed by atoms with van der Waals surface area (Å²) in [6.45, 7) is 5.99. The van der Waals surface area contributed by atoms with Gasteiger partial charge in [-0.25, -0.2) is 9.97 Å². The summed E-state index contributed by atoms with van der Waals surface area (Å²) in [7, 11) is 3.65. The van der Waals surface area contributed by atoms with Gasteiger partial charge in [0.15, 0.2) is 0 Å². The van der Waals surface area contributed by atoms with E-state index in [0.717, 1.165) is 24.8 Å². The first-order valence-electron chi connectivity index (χ1n) is 6.97. The number of hydrogen-bond acceptors (Lipinski definition) is 5. The zero-order chi connectivity index (χ0) is 13.8. The van der Waals surface area contributed by atoms with Crippen LogP contribution < -0.4 is 10.2 Å². The van der Waals surface area contributed by atoms with E-state index >= 15 is 0 Å². The molecule has 1 aliphatic carbocycles. The Morgan fingerprint density at radius 3 is 2.68 bits per heavy atom. The molecule has 1 aromatic rings. The van der Waals surface area contributed by atoms with Gasteiger partial charge in [-0.1, -0.05) is 13.8 Å². The fourth-order valence-electron chi connectivity index (χ4n) is 2.38. The molecule has 1 aromatic heterocycles. The minimum Gasteiger partial charge on any atom is -0.383 e. The van der Waals surface area contributed by atoms with Crippen LogP contribution in [0.5, 0.6) is 0 Å². The van der Waals surface area contributed by atoms with Crippen molar-refractivity contribution in [3.63, 3.8) is 0 Å². The van der Waals surface area contributed by atoms with Gasteiger partial charge < -0.3 is 15.0 Å². The average Bonchev–Trinajstić information content (AvgIpc) is 3.23. The van der Waals surface area contributed by atoms with Crippen molar-refractivity contribution in [2.45, 2.75) is 38.6 Å². The SMILES string of the molecule is CNc1ncnc(N(CCOC)C2CC2)c1C(C)C. The Morgan fingerprint density at radius 2 is 2.16 bits per heavy atom. The Bertz CT molecular complexity index is 418. The van der Waals surface area contributed by atoms with Gasteiger partial charge in [0.2, 0.25) is 0 Å². The average molecular weight is 264 g/mol. The molecular formula is C14H24N4O. The number of anilines is 2. The lowest BCUT2D eigenvalue weighted by atomic mass is 10.0. The van der Waals surface area contributed by atoms with Crippen molar-refractivity contribution in [1.29, 1.82) is 0 Å². The highest BCUT2D eigenvalue weighted by atomic mass is 16.5.